The van der Waals surface area contributed by atoms with Crippen LogP contribution in [-0.4, -0.2) is 30.2 Å². The van der Waals surface area contributed by atoms with Gasteiger partial charge in [-0.1, -0.05) is 24.4 Å². The maximum Gasteiger partial charge on any atom is 0.215 e. The quantitative estimate of drug-likeness (QED) is 0.865. The largest absolute Gasteiger partial charge is 0.382 e. The second kappa shape index (κ2) is 5.30. The maximum absolute atomic E-state index is 6.07. The van der Waals surface area contributed by atoms with Crippen LogP contribution in [0.4, 0.5) is 5.82 Å². The number of halogens is 1. The Balaban J connectivity index is 1.87. The molecule has 1 aliphatic carbocycles. The Bertz CT molecular complexity index is 581. The molecule has 0 spiro atoms. The molecule has 0 aromatic carbocycles. The summed E-state index contributed by atoms with van der Waals surface area (Å²) in [4.78, 5) is 7.94. The first-order valence-electron chi connectivity index (χ1n) is 5.97. The van der Waals surface area contributed by atoms with Gasteiger partial charge in [-0.3, -0.25) is 0 Å². The first-order chi connectivity index (χ1) is 9.25. The molecule has 0 unspecified atom stereocenters. The molecule has 0 amide bonds. The maximum atomic E-state index is 6.07. The van der Waals surface area contributed by atoms with Crippen LogP contribution in [-0.2, 0) is 0 Å². The first kappa shape index (κ1) is 12.6. The molecular formula is C10H12ClN7S. The van der Waals surface area contributed by atoms with Crippen molar-refractivity contribution in [3.8, 4) is 0 Å². The van der Waals surface area contributed by atoms with Crippen LogP contribution in [0.1, 0.15) is 31.7 Å². The zero-order valence-electron chi connectivity index (χ0n) is 10.0. The van der Waals surface area contributed by atoms with Crippen molar-refractivity contribution < 1.29 is 0 Å². The summed E-state index contributed by atoms with van der Waals surface area (Å²) in [6, 6.07) is 0.371. The van der Waals surface area contributed by atoms with Gasteiger partial charge in [0.2, 0.25) is 5.16 Å². The molecule has 100 valence electrons. The van der Waals surface area contributed by atoms with Crippen LogP contribution in [0, 0.1) is 0 Å². The number of aromatic nitrogens is 6. The highest BCUT2D eigenvalue weighted by Gasteiger charge is 2.23. The lowest BCUT2D eigenvalue weighted by molar-refractivity contribution is 0.423. The fraction of sp³-hybridized carbons (Fsp3) is 0.500. The van der Waals surface area contributed by atoms with E-state index in [1.807, 2.05) is 4.68 Å². The van der Waals surface area contributed by atoms with E-state index in [1.165, 1.54) is 30.9 Å². The molecule has 0 saturated heterocycles. The Morgan fingerprint density at radius 2 is 2.11 bits per heavy atom. The predicted octanol–water partition coefficient (Wildman–Crippen LogP) is 1.96. The Morgan fingerprint density at radius 1 is 1.32 bits per heavy atom. The van der Waals surface area contributed by atoms with Gasteiger partial charge in [-0.2, -0.15) is 0 Å². The van der Waals surface area contributed by atoms with Crippen molar-refractivity contribution in [1.82, 2.24) is 30.2 Å². The number of tetrazole rings is 1. The molecule has 7 nitrogen and oxygen atoms in total. The van der Waals surface area contributed by atoms with Crippen molar-refractivity contribution in [2.75, 3.05) is 5.73 Å². The van der Waals surface area contributed by atoms with Crippen LogP contribution in [0.2, 0.25) is 5.02 Å². The molecule has 2 aromatic rings. The molecular weight excluding hydrogens is 286 g/mol. The minimum absolute atomic E-state index is 0.263. The van der Waals surface area contributed by atoms with E-state index in [-0.39, 0.29) is 5.82 Å². The highest BCUT2D eigenvalue weighted by atomic mass is 35.5. The molecule has 1 aliphatic rings. The summed E-state index contributed by atoms with van der Waals surface area (Å²) in [5.41, 5.74) is 5.65. The Morgan fingerprint density at radius 3 is 2.89 bits per heavy atom. The summed E-state index contributed by atoms with van der Waals surface area (Å²) < 4.78 is 1.85. The molecule has 3 rings (SSSR count). The van der Waals surface area contributed by atoms with E-state index in [0.29, 0.717) is 21.2 Å². The fourth-order valence-corrected chi connectivity index (χ4v) is 3.19. The van der Waals surface area contributed by atoms with Crippen LogP contribution < -0.4 is 5.73 Å². The van der Waals surface area contributed by atoms with Gasteiger partial charge < -0.3 is 5.73 Å². The van der Waals surface area contributed by atoms with Gasteiger partial charge in [0.15, 0.2) is 0 Å². The predicted molar refractivity (Wildman–Crippen MR) is 70.9 cm³/mol. The van der Waals surface area contributed by atoms with Crippen molar-refractivity contribution in [1.29, 1.82) is 0 Å². The second-order valence-electron chi connectivity index (χ2n) is 4.32. The lowest BCUT2D eigenvalue weighted by atomic mass is 10.3. The molecule has 9 heteroatoms. The van der Waals surface area contributed by atoms with E-state index in [4.69, 9.17) is 17.3 Å². The van der Waals surface area contributed by atoms with Gasteiger partial charge in [-0.15, -0.1) is 5.10 Å². The smallest absolute Gasteiger partial charge is 0.215 e. The molecule has 2 N–H and O–H groups in total. The lowest BCUT2D eigenvalue weighted by Gasteiger charge is -2.10. The molecule has 1 fully saturated rings. The van der Waals surface area contributed by atoms with Crippen molar-refractivity contribution in [3.63, 3.8) is 0 Å². The standard InChI is InChI=1S/C10H12ClN7S/c11-7-8(12)13-5-14-9(7)19-10-15-16-17-18(10)6-3-1-2-4-6/h5-6H,1-4H2,(H2,12,13,14). The highest BCUT2D eigenvalue weighted by Crippen LogP contribution is 2.36. The van der Waals surface area contributed by atoms with Crippen LogP contribution >= 0.6 is 23.4 Å². The molecule has 0 radical (unpaired) electrons. The van der Waals surface area contributed by atoms with E-state index < -0.39 is 0 Å². The number of nitrogens with two attached hydrogens (primary N) is 1. The summed E-state index contributed by atoms with van der Waals surface area (Å²) in [5.74, 6) is 0.263. The van der Waals surface area contributed by atoms with E-state index in [1.54, 1.807) is 0 Å². The van der Waals surface area contributed by atoms with Crippen molar-refractivity contribution >= 4 is 29.2 Å². The summed E-state index contributed by atoms with van der Waals surface area (Å²) in [5, 5.41) is 13.4. The number of hydrogen-bond donors (Lipinski definition) is 1. The Kier molecular flexibility index (Phi) is 3.52. The second-order valence-corrected chi connectivity index (χ2v) is 5.66. The van der Waals surface area contributed by atoms with E-state index in [9.17, 15) is 0 Å². The van der Waals surface area contributed by atoms with Gasteiger partial charge in [-0.05, 0) is 35.0 Å². The van der Waals surface area contributed by atoms with Crippen molar-refractivity contribution in [3.05, 3.63) is 11.3 Å². The van der Waals surface area contributed by atoms with Crippen LogP contribution in [0.5, 0.6) is 0 Å². The molecule has 19 heavy (non-hydrogen) atoms. The molecule has 0 atom stereocenters. The van der Waals surface area contributed by atoms with Crippen molar-refractivity contribution in [2.45, 2.75) is 41.9 Å². The van der Waals surface area contributed by atoms with Crippen LogP contribution in [0.25, 0.3) is 0 Å². The number of nitrogens with zero attached hydrogens (tertiary/aromatic N) is 6. The molecule has 1 saturated carbocycles. The minimum atomic E-state index is 0.263. The fourth-order valence-electron chi connectivity index (χ4n) is 2.15. The summed E-state index contributed by atoms with van der Waals surface area (Å²) in [6.45, 7) is 0. The van der Waals surface area contributed by atoms with Gasteiger partial charge in [0.25, 0.3) is 0 Å². The van der Waals surface area contributed by atoms with Gasteiger partial charge in [0, 0.05) is 0 Å². The third-order valence-corrected chi connectivity index (χ3v) is 4.54. The van der Waals surface area contributed by atoms with Gasteiger partial charge in [-0.25, -0.2) is 14.6 Å². The minimum Gasteiger partial charge on any atom is -0.382 e. The normalized spacial score (nSPS) is 16.1. The summed E-state index contributed by atoms with van der Waals surface area (Å²) in [7, 11) is 0. The van der Waals surface area contributed by atoms with E-state index >= 15 is 0 Å². The zero-order valence-corrected chi connectivity index (χ0v) is 11.6. The van der Waals surface area contributed by atoms with Crippen LogP contribution in [0.3, 0.4) is 0 Å². The monoisotopic (exact) mass is 297 g/mol. The summed E-state index contributed by atoms with van der Waals surface area (Å²) >= 11 is 7.39. The van der Waals surface area contributed by atoms with Crippen LogP contribution in [0.15, 0.2) is 16.5 Å². The van der Waals surface area contributed by atoms with E-state index in [0.717, 1.165) is 12.8 Å². The first-order valence-corrected chi connectivity index (χ1v) is 7.17. The molecule has 2 heterocycles. The van der Waals surface area contributed by atoms with Gasteiger partial charge >= 0.3 is 0 Å². The number of rotatable bonds is 3. The van der Waals surface area contributed by atoms with Crippen molar-refractivity contribution in [2.24, 2.45) is 0 Å². The zero-order chi connectivity index (χ0) is 13.2. The average Bonchev–Trinajstić information content (AvgIpc) is 3.05. The number of hydrogen-bond acceptors (Lipinski definition) is 7. The van der Waals surface area contributed by atoms with Gasteiger partial charge in [0.05, 0.1) is 6.04 Å². The highest BCUT2D eigenvalue weighted by molar-refractivity contribution is 7.99. The number of nitrogen functional groups attached to an aromatic ring is 1. The molecule has 0 aliphatic heterocycles. The van der Waals surface area contributed by atoms with E-state index in [2.05, 4.69) is 25.5 Å². The number of anilines is 1. The van der Waals surface area contributed by atoms with Gasteiger partial charge in [0.1, 0.15) is 22.2 Å². The average molecular weight is 298 g/mol. The third kappa shape index (κ3) is 2.50. The summed E-state index contributed by atoms with van der Waals surface area (Å²) in [6.07, 6.45) is 6.04. The SMILES string of the molecule is Nc1ncnc(Sc2nnnn2C2CCCC2)c1Cl. The third-order valence-electron chi connectivity index (χ3n) is 3.11. The lowest BCUT2D eigenvalue weighted by Crippen LogP contribution is -2.08. The topological polar surface area (TPSA) is 95.4 Å². The Hall–Kier alpha value is -1.41. The molecule has 2 aromatic heterocycles. The Labute approximate surface area is 118 Å². The molecule has 0 bridgehead atoms.